The Labute approximate surface area is 187 Å². The summed E-state index contributed by atoms with van der Waals surface area (Å²) >= 11 is 0. The van der Waals surface area contributed by atoms with Crippen molar-refractivity contribution < 1.29 is 23.5 Å². The number of halogens is 1. The van der Waals surface area contributed by atoms with Crippen molar-refractivity contribution in [1.29, 1.82) is 0 Å². The summed E-state index contributed by atoms with van der Waals surface area (Å²) < 4.78 is 24.8. The highest BCUT2D eigenvalue weighted by Gasteiger charge is 2.17. The van der Waals surface area contributed by atoms with Crippen molar-refractivity contribution in [2.24, 2.45) is 0 Å². The molecule has 0 atom stereocenters. The number of esters is 1. The van der Waals surface area contributed by atoms with Crippen molar-refractivity contribution in [2.45, 2.75) is 26.5 Å². The van der Waals surface area contributed by atoms with Crippen molar-refractivity contribution in [2.75, 3.05) is 14.2 Å². The van der Waals surface area contributed by atoms with E-state index in [2.05, 4.69) is 0 Å². The van der Waals surface area contributed by atoms with Gasteiger partial charge in [0.2, 0.25) is 0 Å². The third-order valence-electron chi connectivity index (χ3n) is 5.08. The van der Waals surface area contributed by atoms with Crippen LogP contribution in [0.1, 0.15) is 22.3 Å². The number of rotatable bonds is 7. The second-order valence-corrected chi connectivity index (χ2v) is 7.62. The highest BCUT2D eigenvalue weighted by atomic mass is 19.1. The number of hydrogen-bond acceptors (Lipinski definition) is 4. The first kappa shape index (κ1) is 23.0. The van der Waals surface area contributed by atoms with Crippen molar-refractivity contribution in [3.8, 4) is 11.1 Å². The highest BCUT2D eigenvalue weighted by molar-refractivity contribution is 5.75. The second-order valence-electron chi connectivity index (χ2n) is 7.62. The van der Waals surface area contributed by atoms with E-state index in [0.29, 0.717) is 16.7 Å². The average Bonchev–Trinajstić information content (AvgIpc) is 2.79. The number of methoxy groups -OCH3 is 1. The van der Waals surface area contributed by atoms with E-state index >= 15 is 0 Å². The number of carbonyl (C=O) groups excluding carboxylic acids is 2. The number of carbonyl (C=O) groups is 2. The number of benzene rings is 3. The minimum Gasteiger partial charge on any atom is -0.469 e. The van der Waals surface area contributed by atoms with Gasteiger partial charge < -0.3 is 14.4 Å². The van der Waals surface area contributed by atoms with Crippen LogP contribution in [0.4, 0.5) is 9.18 Å². The summed E-state index contributed by atoms with van der Waals surface area (Å²) in [6, 6.07) is 19.6. The maximum Gasteiger partial charge on any atom is 0.410 e. The van der Waals surface area contributed by atoms with Gasteiger partial charge in [-0.25, -0.2) is 9.18 Å². The molecular formula is C26H26FNO4. The summed E-state index contributed by atoms with van der Waals surface area (Å²) in [4.78, 5) is 25.6. The molecule has 0 spiro atoms. The van der Waals surface area contributed by atoms with E-state index in [0.717, 1.165) is 16.7 Å². The van der Waals surface area contributed by atoms with Gasteiger partial charge in [-0.1, -0.05) is 60.2 Å². The van der Waals surface area contributed by atoms with Crippen LogP contribution in [0.5, 0.6) is 0 Å². The number of nitrogens with zero attached hydrogens (tertiary/aromatic N) is 1. The molecule has 0 aliphatic heterocycles. The first-order valence-corrected chi connectivity index (χ1v) is 10.2. The molecule has 0 aliphatic carbocycles. The maximum absolute atomic E-state index is 14.7. The molecule has 0 saturated carbocycles. The summed E-state index contributed by atoms with van der Waals surface area (Å²) in [5, 5.41) is 0. The van der Waals surface area contributed by atoms with E-state index in [1.165, 1.54) is 18.1 Å². The van der Waals surface area contributed by atoms with E-state index in [4.69, 9.17) is 9.47 Å². The Morgan fingerprint density at radius 2 is 1.69 bits per heavy atom. The summed E-state index contributed by atoms with van der Waals surface area (Å²) in [6.07, 6.45) is -0.419. The van der Waals surface area contributed by atoms with Crippen LogP contribution < -0.4 is 0 Å². The molecule has 0 aliphatic rings. The molecule has 0 heterocycles. The minimum atomic E-state index is -0.471. The van der Waals surface area contributed by atoms with Crippen LogP contribution in [-0.4, -0.2) is 31.1 Å². The summed E-state index contributed by atoms with van der Waals surface area (Å²) in [5.41, 5.74) is 4.33. The number of ether oxygens (including phenoxy) is 2. The van der Waals surface area contributed by atoms with Crippen molar-refractivity contribution in [3.05, 3.63) is 94.8 Å². The van der Waals surface area contributed by atoms with Gasteiger partial charge in [-0.2, -0.15) is 0 Å². The van der Waals surface area contributed by atoms with Gasteiger partial charge in [-0.05, 0) is 41.3 Å². The molecule has 0 bridgehead atoms. The fourth-order valence-corrected chi connectivity index (χ4v) is 3.39. The molecule has 166 valence electrons. The highest BCUT2D eigenvalue weighted by Crippen LogP contribution is 2.29. The van der Waals surface area contributed by atoms with Gasteiger partial charge >= 0.3 is 12.1 Å². The van der Waals surface area contributed by atoms with Gasteiger partial charge in [0.05, 0.1) is 13.5 Å². The lowest BCUT2D eigenvalue weighted by Crippen LogP contribution is -2.27. The van der Waals surface area contributed by atoms with Gasteiger partial charge in [-0.3, -0.25) is 4.79 Å². The van der Waals surface area contributed by atoms with Gasteiger partial charge in [0.25, 0.3) is 0 Å². The fourth-order valence-electron chi connectivity index (χ4n) is 3.39. The predicted molar refractivity (Wildman–Crippen MR) is 120 cm³/mol. The first-order chi connectivity index (χ1) is 15.4. The number of hydrogen-bond donors (Lipinski definition) is 0. The zero-order valence-electron chi connectivity index (χ0n) is 18.4. The Morgan fingerprint density at radius 3 is 2.41 bits per heavy atom. The Hall–Kier alpha value is -3.67. The van der Waals surface area contributed by atoms with E-state index in [1.54, 1.807) is 19.2 Å². The van der Waals surface area contributed by atoms with Gasteiger partial charge in [0, 0.05) is 19.2 Å². The third-order valence-corrected chi connectivity index (χ3v) is 5.08. The Morgan fingerprint density at radius 1 is 0.938 bits per heavy atom. The SMILES string of the molecule is COC(=O)Cc1ccc(F)c(-c2ccc(C)cc2CN(C)C(=O)OCc2ccccc2)c1. The zero-order valence-corrected chi connectivity index (χ0v) is 18.4. The predicted octanol–water partition coefficient (Wildman–Crippen LogP) is 5.29. The smallest absolute Gasteiger partial charge is 0.410 e. The van der Waals surface area contributed by atoms with E-state index in [9.17, 15) is 14.0 Å². The van der Waals surface area contributed by atoms with E-state index in [1.807, 2.05) is 55.5 Å². The number of amides is 1. The quantitative estimate of drug-likeness (QED) is 0.474. The Bertz CT molecular complexity index is 1100. The van der Waals surface area contributed by atoms with Crippen molar-refractivity contribution in [3.63, 3.8) is 0 Å². The summed E-state index contributed by atoms with van der Waals surface area (Å²) in [6.45, 7) is 2.35. The lowest BCUT2D eigenvalue weighted by atomic mass is 9.95. The van der Waals surface area contributed by atoms with Crippen LogP contribution in [-0.2, 0) is 33.8 Å². The molecule has 0 unspecified atom stereocenters. The van der Waals surface area contributed by atoms with Gasteiger partial charge in [0.15, 0.2) is 0 Å². The molecule has 0 saturated heterocycles. The van der Waals surface area contributed by atoms with Crippen LogP contribution in [0, 0.1) is 12.7 Å². The molecule has 0 fully saturated rings. The number of aryl methyl sites for hydroxylation is 1. The molecule has 3 aromatic rings. The molecule has 3 rings (SSSR count). The topological polar surface area (TPSA) is 55.8 Å². The minimum absolute atomic E-state index is 0.0523. The van der Waals surface area contributed by atoms with Gasteiger partial charge in [0.1, 0.15) is 12.4 Å². The van der Waals surface area contributed by atoms with E-state index in [-0.39, 0.29) is 19.6 Å². The fraction of sp³-hybridized carbons (Fsp3) is 0.231. The molecule has 0 radical (unpaired) electrons. The van der Waals surface area contributed by atoms with Crippen LogP contribution in [0.2, 0.25) is 0 Å². The average molecular weight is 435 g/mol. The standard InChI is InChI=1S/C26H26FNO4/c1-18-9-11-22(23-14-20(10-12-24(23)27)15-25(29)31-3)21(13-18)16-28(2)26(30)32-17-19-7-5-4-6-8-19/h4-14H,15-17H2,1-3H3. The van der Waals surface area contributed by atoms with Crippen LogP contribution in [0.3, 0.4) is 0 Å². The summed E-state index contributed by atoms with van der Waals surface area (Å²) in [7, 11) is 2.96. The molecule has 0 aromatic heterocycles. The van der Waals surface area contributed by atoms with Crippen LogP contribution >= 0.6 is 0 Å². The molecule has 0 N–H and O–H groups in total. The second kappa shape index (κ2) is 10.6. The third kappa shape index (κ3) is 5.94. The van der Waals surface area contributed by atoms with Gasteiger partial charge in [-0.15, -0.1) is 0 Å². The Balaban J connectivity index is 1.81. The lowest BCUT2D eigenvalue weighted by Gasteiger charge is -2.20. The maximum atomic E-state index is 14.7. The summed E-state index contributed by atoms with van der Waals surface area (Å²) in [5.74, 6) is -0.800. The van der Waals surface area contributed by atoms with Crippen LogP contribution in [0.25, 0.3) is 11.1 Å². The van der Waals surface area contributed by atoms with Crippen molar-refractivity contribution in [1.82, 2.24) is 4.90 Å². The molecule has 3 aromatic carbocycles. The lowest BCUT2D eigenvalue weighted by molar-refractivity contribution is -0.139. The van der Waals surface area contributed by atoms with E-state index < -0.39 is 17.9 Å². The van der Waals surface area contributed by atoms with Crippen LogP contribution in [0.15, 0.2) is 66.7 Å². The molecule has 5 nitrogen and oxygen atoms in total. The Kier molecular flexibility index (Phi) is 7.60. The zero-order chi connectivity index (χ0) is 23.1. The normalized spacial score (nSPS) is 10.5. The molecule has 1 amide bonds. The monoisotopic (exact) mass is 435 g/mol. The van der Waals surface area contributed by atoms with Crippen molar-refractivity contribution >= 4 is 12.1 Å². The molecule has 6 heteroatoms. The molecule has 32 heavy (non-hydrogen) atoms. The largest absolute Gasteiger partial charge is 0.469 e. The molecular weight excluding hydrogens is 409 g/mol. The first-order valence-electron chi connectivity index (χ1n) is 10.2.